The van der Waals surface area contributed by atoms with E-state index in [-0.39, 0.29) is 22.4 Å². The first kappa shape index (κ1) is 13.0. The zero-order valence-electron chi connectivity index (χ0n) is 6.84. The Morgan fingerprint density at radius 1 is 1.40 bits per heavy atom. The van der Waals surface area contributed by atoms with Gasteiger partial charge in [0.25, 0.3) is 0 Å². The second-order valence-electron chi connectivity index (χ2n) is 2.45. The van der Waals surface area contributed by atoms with Crippen molar-refractivity contribution in [1.82, 2.24) is 0 Å². The third-order valence-corrected chi connectivity index (χ3v) is 1.65. The van der Waals surface area contributed by atoms with Gasteiger partial charge in [-0.3, -0.25) is 0 Å². The van der Waals surface area contributed by atoms with Crippen LogP contribution in [-0.2, 0) is 27.2 Å². The maximum atomic E-state index is 10.2. The van der Waals surface area contributed by atoms with Crippen LogP contribution in [-0.4, -0.2) is 6.29 Å². The van der Waals surface area contributed by atoms with E-state index in [1.165, 1.54) is 12.8 Å². The van der Waals surface area contributed by atoms with E-state index in [1.807, 2.05) is 0 Å². The molecule has 59 valence electrons. The quantitative estimate of drug-likeness (QED) is 0.713. The maximum absolute atomic E-state index is 10.2. The van der Waals surface area contributed by atoms with Crippen LogP contribution in [0, 0.1) is 5.92 Å². The van der Waals surface area contributed by atoms with Crippen molar-refractivity contribution in [2.75, 3.05) is 0 Å². The van der Waals surface area contributed by atoms with Crippen LogP contribution < -0.4 is 0 Å². The first-order valence-corrected chi connectivity index (χ1v) is 3.80. The first-order chi connectivity index (χ1) is 4.35. The van der Waals surface area contributed by atoms with Gasteiger partial charge in [-0.05, 0) is 12.8 Å². The molecular formula is C8H16OTa. The molecule has 0 saturated carbocycles. The number of unbranched alkanes of at least 4 members (excludes halogenated alkanes) is 1. The molecule has 1 radical (unpaired) electrons. The van der Waals surface area contributed by atoms with Gasteiger partial charge in [0.15, 0.2) is 0 Å². The van der Waals surface area contributed by atoms with Gasteiger partial charge in [-0.1, -0.05) is 26.7 Å². The minimum absolute atomic E-state index is 0. The molecule has 0 aliphatic heterocycles. The molecule has 10 heavy (non-hydrogen) atoms. The van der Waals surface area contributed by atoms with Gasteiger partial charge in [0, 0.05) is 28.3 Å². The van der Waals surface area contributed by atoms with Crippen LogP contribution in [0.3, 0.4) is 0 Å². The van der Waals surface area contributed by atoms with Crippen LogP contribution in [0.1, 0.15) is 39.5 Å². The smallest absolute Gasteiger partial charge is 0.123 e. The second-order valence-corrected chi connectivity index (χ2v) is 2.45. The number of carbonyl (C=O) groups excluding carboxylic acids is 1. The maximum Gasteiger partial charge on any atom is 0.123 e. The summed E-state index contributed by atoms with van der Waals surface area (Å²) in [4.78, 5) is 10.2. The van der Waals surface area contributed by atoms with Crippen LogP contribution in [0.4, 0.5) is 0 Å². The largest absolute Gasteiger partial charge is 0.303 e. The summed E-state index contributed by atoms with van der Waals surface area (Å²) < 4.78 is 0. The van der Waals surface area contributed by atoms with E-state index >= 15 is 0 Å². The van der Waals surface area contributed by atoms with Crippen molar-refractivity contribution in [2.24, 2.45) is 5.92 Å². The van der Waals surface area contributed by atoms with Crippen LogP contribution in [0.2, 0.25) is 0 Å². The Labute approximate surface area is 79.1 Å². The van der Waals surface area contributed by atoms with Crippen LogP contribution in [0.15, 0.2) is 0 Å². The Morgan fingerprint density at radius 3 is 2.30 bits per heavy atom. The van der Waals surface area contributed by atoms with Gasteiger partial charge in [-0.2, -0.15) is 0 Å². The van der Waals surface area contributed by atoms with Crippen molar-refractivity contribution in [3.8, 4) is 0 Å². The van der Waals surface area contributed by atoms with Crippen molar-refractivity contribution >= 4 is 6.29 Å². The van der Waals surface area contributed by atoms with Gasteiger partial charge < -0.3 is 4.79 Å². The average molecular weight is 309 g/mol. The minimum atomic E-state index is 0. The van der Waals surface area contributed by atoms with E-state index in [0.29, 0.717) is 5.92 Å². The predicted molar refractivity (Wildman–Crippen MR) is 39.4 cm³/mol. The summed E-state index contributed by atoms with van der Waals surface area (Å²) in [7, 11) is 0. The molecule has 0 aromatic heterocycles. The number of rotatable bonds is 5. The molecule has 0 rings (SSSR count). The molecule has 0 amide bonds. The molecule has 0 heterocycles. The Hall–Kier alpha value is 0.410. The third kappa shape index (κ3) is 6.53. The van der Waals surface area contributed by atoms with E-state index < -0.39 is 0 Å². The Morgan fingerprint density at radius 2 is 2.00 bits per heavy atom. The molecule has 0 aliphatic carbocycles. The molecule has 0 bridgehead atoms. The summed E-state index contributed by atoms with van der Waals surface area (Å²) in [5.74, 6) is 0.324. The SMILES string of the molecule is CCCCC(C=O)CC.[Ta]. The zero-order chi connectivity index (χ0) is 7.11. The summed E-state index contributed by atoms with van der Waals surface area (Å²) in [6.07, 6.45) is 5.55. The monoisotopic (exact) mass is 309 g/mol. The van der Waals surface area contributed by atoms with Crippen molar-refractivity contribution in [2.45, 2.75) is 39.5 Å². The minimum Gasteiger partial charge on any atom is -0.303 e. The standard InChI is InChI=1S/C8H16O.Ta/c1-3-5-6-8(4-2)7-9;/h7-8H,3-6H2,1-2H3;. The normalized spacial score (nSPS) is 11.8. The Bertz CT molecular complexity index is 73.7. The topological polar surface area (TPSA) is 17.1 Å². The fraction of sp³-hybridized carbons (Fsp3) is 0.875. The van der Waals surface area contributed by atoms with E-state index in [1.54, 1.807) is 0 Å². The van der Waals surface area contributed by atoms with Gasteiger partial charge in [0.2, 0.25) is 0 Å². The number of hydrogen-bond donors (Lipinski definition) is 0. The zero-order valence-corrected chi connectivity index (χ0v) is 10.1. The van der Waals surface area contributed by atoms with Crippen LogP contribution >= 0.6 is 0 Å². The van der Waals surface area contributed by atoms with Crippen molar-refractivity contribution in [3.63, 3.8) is 0 Å². The van der Waals surface area contributed by atoms with Gasteiger partial charge in [0.1, 0.15) is 6.29 Å². The molecule has 0 aromatic carbocycles. The summed E-state index contributed by atoms with van der Waals surface area (Å²) in [6, 6.07) is 0. The van der Waals surface area contributed by atoms with Crippen molar-refractivity contribution < 1.29 is 27.2 Å². The molecule has 0 fully saturated rings. The van der Waals surface area contributed by atoms with E-state index in [9.17, 15) is 4.79 Å². The molecular weight excluding hydrogens is 293 g/mol. The molecule has 0 aliphatic rings. The van der Waals surface area contributed by atoms with Gasteiger partial charge in [-0.25, -0.2) is 0 Å². The van der Waals surface area contributed by atoms with Crippen molar-refractivity contribution in [1.29, 1.82) is 0 Å². The summed E-state index contributed by atoms with van der Waals surface area (Å²) >= 11 is 0. The fourth-order valence-corrected chi connectivity index (χ4v) is 0.835. The number of carbonyl (C=O) groups is 1. The Kier molecular flexibility index (Phi) is 12.3. The molecule has 0 N–H and O–H groups in total. The Balaban J connectivity index is 0. The van der Waals surface area contributed by atoms with E-state index in [0.717, 1.165) is 19.1 Å². The number of hydrogen-bond acceptors (Lipinski definition) is 1. The van der Waals surface area contributed by atoms with E-state index in [2.05, 4.69) is 13.8 Å². The van der Waals surface area contributed by atoms with Gasteiger partial charge >= 0.3 is 0 Å². The molecule has 1 atom stereocenters. The summed E-state index contributed by atoms with van der Waals surface area (Å²) in [6.45, 7) is 4.21. The van der Waals surface area contributed by atoms with Gasteiger partial charge in [-0.15, -0.1) is 0 Å². The second kappa shape index (κ2) is 9.41. The predicted octanol–water partition coefficient (Wildman–Crippen LogP) is 2.40. The molecule has 0 aromatic rings. The van der Waals surface area contributed by atoms with Crippen molar-refractivity contribution in [3.05, 3.63) is 0 Å². The molecule has 2 heteroatoms. The fourth-order valence-electron chi connectivity index (χ4n) is 0.835. The molecule has 1 unspecified atom stereocenters. The number of aldehydes is 1. The van der Waals surface area contributed by atoms with E-state index in [4.69, 9.17) is 0 Å². The molecule has 1 nitrogen and oxygen atoms in total. The molecule has 0 saturated heterocycles. The summed E-state index contributed by atoms with van der Waals surface area (Å²) in [5, 5.41) is 0. The van der Waals surface area contributed by atoms with Gasteiger partial charge in [0.05, 0.1) is 0 Å². The van der Waals surface area contributed by atoms with Crippen LogP contribution in [0.25, 0.3) is 0 Å². The van der Waals surface area contributed by atoms with Crippen LogP contribution in [0.5, 0.6) is 0 Å². The average Bonchev–Trinajstić information content (AvgIpc) is 1.91. The first-order valence-electron chi connectivity index (χ1n) is 3.80. The molecule has 0 spiro atoms. The summed E-state index contributed by atoms with van der Waals surface area (Å²) in [5.41, 5.74) is 0. The third-order valence-electron chi connectivity index (χ3n) is 1.65.